The molecule has 0 aromatic heterocycles. The van der Waals surface area contributed by atoms with Gasteiger partial charge in [0.05, 0.1) is 5.71 Å². The van der Waals surface area contributed by atoms with Gasteiger partial charge in [-0.15, -0.1) is 0 Å². The number of fused-ring (bicyclic) bond motifs is 3. The van der Waals surface area contributed by atoms with E-state index in [1.54, 1.807) is 7.05 Å². The lowest BCUT2D eigenvalue weighted by Gasteiger charge is -2.23. The Morgan fingerprint density at radius 3 is 2.80 bits per heavy atom. The van der Waals surface area contributed by atoms with E-state index in [9.17, 15) is 0 Å². The summed E-state index contributed by atoms with van der Waals surface area (Å²) in [5.41, 5.74) is 6.82. The van der Waals surface area contributed by atoms with Crippen LogP contribution in [0, 0.1) is 6.92 Å². The molecule has 4 rings (SSSR count). The Morgan fingerprint density at radius 1 is 1.28 bits per heavy atom. The fraction of sp³-hybridized carbons (Fsp3) is 0.273. The molecule has 0 radical (unpaired) electrons. The first-order valence-electron chi connectivity index (χ1n) is 8.74. The van der Waals surface area contributed by atoms with Crippen LogP contribution in [0.2, 0.25) is 0 Å². The van der Waals surface area contributed by atoms with Crippen molar-refractivity contribution in [3.05, 3.63) is 77.4 Å². The van der Waals surface area contributed by atoms with E-state index >= 15 is 0 Å². The van der Waals surface area contributed by atoms with Crippen molar-refractivity contribution in [3.63, 3.8) is 0 Å². The van der Waals surface area contributed by atoms with Crippen LogP contribution in [0.4, 0.5) is 0 Å². The zero-order chi connectivity index (χ0) is 17.4. The van der Waals surface area contributed by atoms with E-state index in [4.69, 9.17) is 9.73 Å². The van der Waals surface area contributed by atoms with Crippen LogP contribution in [0.15, 0.2) is 65.1 Å². The topological polar surface area (TPSA) is 34.0 Å². The lowest BCUT2D eigenvalue weighted by atomic mass is 9.87. The number of allylic oxidation sites excluding steroid dienone is 1. The maximum atomic E-state index is 6.19. The summed E-state index contributed by atoms with van der Waals surface area (Å²) in [6.45, 7) is 5.98. The molecule has 2 atom stereocenters. The van der Waals surface area contributed by atoms with Crippen molar-refractivity contribution in [2.45, 2.75) is 31.9 Å². The van der Waals surface area contributed by atoms with Crippen LogP contribution in [0.1, 0.15) is 41.0 Å². The van der Waals surface area contributed by atoms with E-state index in [0.717, 1.165) is 41.1 Å². The summed E-state index contributed by atoms with van der Waals surface area (Å²) in [6.07, 6.45) is 3.74. The van der Waals surface area contributed by atoms with Crippen LogP contribution in [0.25, 0.3) is 0 Å². The minimum Gasteiger partial charge on any atom is -0.468 e. The number of ether oxygens (including phenoxy) is 1. The number of hydrogen-bond donors (Lipinski definition) is 0. The Kier molecular flexibility index (Phi) is 4.00. The molecule has 3 heteroatoms. The first kappa shape index (κ1) is 15.8. The van der Waals surface area contributed by atoms with Crippen LogP contribution in [0.5, 0.6) is 5.75 Å². The minimum absolute atomic E-state index is 0.112. The predicted octanol–water partition coefficient (Wildman–Crippen LogP) is 4.69. The van der Waals surface area contributed by atoms with Crippen molar-refractivity contribution in [1.29, 1.82) is 0 Å². The molecule has 0 fully saturated rings. The molecule has 2 aliphatic heterocycles. The Labute approximate surface area is 148 Å². The average Bonchev–Trinajstić information content (AvgIpc) is 3.00. The van der Waals surface area contributed by atoms with Crippen LogP contribution in [-0.4, -0.2) is 24.7 Å². The number of nitrogens with zero attached hydrogens (tertiary/aromatic N) is 2. The summed E-state index contributed by atoms with van der Waals surface area (Å²) in [6, 6.07) is 14.7. The molecule has 0 spiro atoms. The smallest absolute Gasteiger partial charge is 0.196 e. The Hall–Kier alpha value is -2.68. The fourth-order valence-electron chi connectivity index (χ4n) is 3.83. The van der Waals surface area contributed by atoms with Crippen molar-refractivity contribution >= 4 is 11.4 Å². The summed E-state index contributed by atoms with van der Waals surface area (Å²) >= 11 is 0. The Balaban J connectivity index is 1.70. The molecule has 0 N–H and O–H groups in total. The van der Waals surface area contributed by atoms with Crippen molar-refractivity contribution in [3.8, 4) is 5.75 Å². The van der Waals surface area contributed by atoms with E-state index in [0.29, 0.717) is 5.92 Å². The van der Waals surface area contributed by atoms with Crippen molar-refractivity contribution in [2.75, 3.05) is 7.05 Å². The van der Waals surface area contributed by atoms with Crippen molar-refractivity contribution < 1.29 is 4.74 Å². The number of aryl methyl sites for hydroxylation is 1. The van der Waals surface area contributed by atoms with Crippen LogP contribution in [-0.2, 0) is 0 Å². The summed E-state index contributed by atoms with van der Waals surface area (Å²) in [5.74, 6) is 1.29. The quantitative estimate of drug-likeness (QED) is 0.752. The molecule has 126 valence electrons. The highest BCUT2D eigenvalue weighted by molar-refractivity contribution is 6.09. The van der Waals surface area contributed by atoms with Gasteiger partial charge in [-0.25, -0.2) is 4.99 Å². The molecular formula is C22H22N2O. The molecule has 2 aromatic carbocycles. The Bertz CT molecular complexity index is 880. The van der Waals surface area contributed by atoms with Gasteiger partial charge in [0.25, 0.3) is 0 Å². The maximum absolute atomic E-state index is 6.19. The third-order valence-electron chi connectivity index (χ3n) is 5.14. The molecule has 2 aromatic rings. The highest BCUT2D eigenvalue weighted by Crippen LogP contribution is 2.45. The molecule has 3 nitrogen and oxygen atoms in total. The van der Waals surface area contributed by atoms with Gasteiger partial charge in [-0.05, 0) is 49.1 Å². The highest BCUT2D eigenvalue weighted by Gasteiger charge is 2.37. The molecular weight excluding hydrogens is 308 g/mol. The van der Waals surface area contributed by atoms with Crippen molar-refractivity contribution in [2.24, 2.45) is 9.98 Å². The first-order chi connectivity index (χ1) is 12.2. The van der Waals surface area contributed by atoms with Gasteiger partial charge in [-0.3, -0.25) is 4.99 Å². The van der Waals surface area contributed by atoms with E-state index in [-0.39, 0.29) is 6.23 Å². The molecule has 2 aliphatic rings. The Morgan fingerprint density at radius 2 is 2.08 bits per heavy atom. The van der Waals surface area contributed by atoms with Crippen molar-refractivity contribution in [1.82, 2.24) is 0 Å². The van der Waals surface area contributed by atoms with E-state index in [1.165, 1.54) is 11.1 Å². The van der Waals surface area contributed by atoms with Gasteiger partial charge < -0.3 is 4.74 Å². The summed E-state index contributed by atoms with van der Waals surface area (Å²) in [4.78, 5) is 9.27. The minimum atomic E-state index is -0.112. The molecule has 0 saturated heterocycles. The largest absolute Gasteiger partial charge is 0.468 e. The number of benzene rings is 2. The SMILES string of the molecule is C=C/C(=N/C)c1cc2c(cc1C)OC1N=C(c3ccccc3)CCC21. The van der Waals surface area contributed by atoms with Gasteiger partial charge in [0.1, 0.15) is 5.75 Å². The monoisotopic (exact) mass is 330 g/mol. The van der Waals surface area contributed by atoms with Gasteiger partial charge in [0, 0.05) is 29.8 Å². The standard InChI is InChI=1S/C22H22N2O/c1-4-19(23-3)17-13-18-16-10-11-20(15-8-6-5-7-9-15)24-22(16)25-21(18)12-14(17)2/h4-9,12-13,16,22H,1,10-11H2,2-3H3/b23-19-. The maximum Gasteiger partial charge on any atom is 0.196 e. The lowest BCUT2D eigenvalue weighted by Crippen LogP contribution is -2.24. The molecule has 25 heavy (non-hydrogen) atoms. The second-order valence-electron chi connectivity index (χ2n) is 6.61. The zero-order valence-electron chi connectivity index (χ0n) is 14.7. The third kappa shape index (κ3) is 2.70. The molecule has 2 unspecified atom stereocenters. The van der Waals surface area contributed by atoms with Gasteiger partial charge in [0.2, 0.25) is 0 Å². The molecule has 0 amide bonds. The number of rotatable bonds is 3. The molecule has 0 saturated carbocycles. The van der Waals surface area contributed by atoms with Gasteiger partial charge in [0.15, 0.2) is 6.23 Å². The highest BCUT2D eigenvalue weighted by atomic mass is 16.5. The summed E-state index contributed by atoms with van der Waals surface area (Å²) < 4.78 is 6.19. The zero-order valence-corrected chi connectivity index (χ0v) is 14.7. The van der Waals surface area contributed by atoms with Gasteiger partial charge in [-0.1, -0.05) is 36.9 Å². The van der Waals surface area contributed by atoms with E-state index < -0.39 is 0 Å². The second kappa shape index (κ2) is 6.32. The van der Waals surface area contributed by atoms with Crippen LogP contribution < -0.4 is 4.74 Å². The number of aliphatic imine (C=N–C) groups is 2. The summed E-state index contributed by atoms with van der Waals surface area (Å²) in [5, 5.41) is 0. The predicted molar refractivity (Wildman–Crippen MR) is 103 cm³/mol. The molecule has 0 bridgehead atoms. The third-order valence-corrected chi connectivity index (χ3v) is 5.14. The average molecular weight is 330 g/mol. The van der Waals surface area contributed by atoms with Crippen LogP contribution >= 0.6 is 0 Å². The van der Waals surface area contributed by atoms with Gasteiger partial charge >= 0.3 is 0 Å². The number of hydrogen-bond acceptors (Lipinski definition) is 3. The second-order valence-corrected chi connectivity index (χ2v) is 6.61. The van der Waals surface area contributed by atoms with Gasteiger partial charge in [-0.2, -0.15) is 0 Å². The summed E-state index contributed by atoms with van der Waals surface area (Å²) in [7, 11) is 1.81. The molecule has 0 aliphatic carbocycles. The molecule has 2 heterocycles. The van der Waals surface area contributed by atoms with Crippen LogP contribution in [0.3, 0.4) is 0 Å². The first-order valence-corrected chi connectivity index (χ1v) is 8.74. The normalized spacial score (nSPS) is 21.8. The van der Waals surface area contributed by atoms with E-state index in [1.807, 2.05) is 12.1 Å². The van der Waals surface area contributed by atoms with E-state index in [2.05, 4.69) is 54.9 Å². The lowest BCUT2D eigenvalue weighted by molar-refractivity contribution is 0.206. The fourth-order valence-corrected chi connectivity index (χ4v) is 3.83.